The zero-order chi connectivity index (χ0) is 19.2. The van der Waals surface area contributed by atoms with Gasteiger partial charge in [0.15, 0.2) is 0 Å². The van der Waals surface area contributed by atoms with Crippen molar-refractivity contribution in [3.05, 3.63) is 77.6 Å². The number of methoxy groups -OCH3 is 1. The van der Waals surface area contributed by atoms with Crippen LogP contribution in [0.4, 0.5) is 4.39 Å². The molecule has 0 spiro atoms. The molecule has 0 aliphatic carbocycles. The monoisotopic (exact) mass is 370 g/mol. The fourth-order valence-electron chi connectivity index (χ4n) is 2.50. The van der Waals surface area contributed by atoms with Gasteiger partial charge in [0, 0.05) is 6.54 Å². The molecule has 3 aromatic rings. The summed E-state index contributed by atoms with van der Waals surface area (Å²) in [5, 5.41) is 17.0. The standard InChI is InChI=1S/C19H19FN4O3/c1-27-16-7-5-14(6-8-16)17(25)11-24-12-22-18(23-24)19(26)21-10-13-3-2-4-15(20)9-13/h2-9,12,17,25H,10-11H2,1H3,(H,21,26)/t17-/m0/s1. The molecule has 7 nitrogen and oxygen atoms in total. The highest BCUT2D eigenvalue weighted by Crippen LogP contribution is 2.18. The van der Waals surface area contributed by atoms with Gasteiger partial charge in [-0.25, -0.2) is 14.1 Å². The molecule has 2 N–H and O–H groups in total. The van der Waals surface area contributed by atoms with Crippen molar-refractivity contribution in [2.24, 2.45) is 0 Å². The van der Waals surface area contributed by atoms with Gasteiger partial charge in [-0.15, -0.1) is 5.10 Å². The van der Waals surface area contributed by atoms with Crippen LogP contribution in [0.2, 0.25) is 0 Å². The smallest absolute Gasteiger partial charge is 0.291 e. The first-order valence-electron chi connectivity index (χ1n) is 8.29. The Morgan fingerprint density at radius 2 is 2.07 bits per heavy atom. The molecule has 27 heavy (non-hydrogen) atoms. The van der Waals surface area contributed by atoms with E-state index in [1.165, 1.54) is 23.1 Å². The van der Waals surface area contributed by atoms with E-state index in [9.17, 15) is 14.3 Å². The van der Waals surface area contributed by atoms with Gasteiger partial charge in [0.1, 0.15) is 17.9 Å². The van der Waals surface area contributed by atoms with Crippen LogP contribution in [-0.4, -0.2) is 32.9 Å². The zero-order valence-electron chi connectivity index (χ0n) is 14.7. The first-order chi connectivity index (χ1) is 13.0. The summed E-state index contributed by atoms with van der Waals surface area (Å²) in [5.74, 6) is -0.161. The number of carbonyl (C=O) groups excluding carboxylic acids is 1. The molecule has 1 aromatic heterocycles. The van der Waals surface area contributed by atoms with Gasteiger partial charge in [-0.05, 0) is 35.4 Å². The van der Waals surface area contributed by atoms with E-state index in [1.807, 2.05) is 0 Å². The molecule has 140 valence electrons. The second kappa shape index (κ2) is 8.41. The van der Waals surface area contributed by atoms with Crippen LogP contribution in [-0.2, 0) is 13.1 Å². The summed E-state index contributed by atoms with van der Waals surface area (Å²) in [6.45, 7) is 0.316. The molecule has 1 atom stereocenters. The summed E-state index contributed by atoms with van der Waals surface area (Å²) in [7, 11) is 1.57. The molecule has 0 fully saturated rings. The molecular formula is C19H19FN4O3. The van der Waals surface area contributed by atoms with Crippen LogP contribution in [0.5, 0.6) is 5.75 Å². The molecule has 0 aliphatic heterocycles. The summed E-state index contributed by atoms with van der Waals surface area (Å²) >= 11 is 0. The predicted octanol–water partition coefficient (Wildman–Crippen LogP) is 2.09. The minimum atomic E-state index is -0.805. The van der Waals surface area contributed by atoms with Crippen molar-refractivity contribution in [2.45, 2.75) is 19.2 Å². The summed E-state index contributed by atoms with van der Waals surface area (Å²) < 4.78 is 19.6. The van der Waals surface area contributed by atoms with E-state index in [0.29, 0.717) is 16.9 Å². The number of aliphatic hydroxyl groups is 1. The van der Waals surface area contributed by atoms with Gasteiger partial charge >= 0.3 is 0 Å². The topological polar surface area (TPSA) is 89.3 Å². The quantitative estimate of drug-likeness (QED) is 0.665. The van der Waals surface area contributed by atoms with Gasteiger partial charge in [-0.3, -0.25) is 4.79 Å². The maximum atomic E-state index is 13.2. The largest absolute Gasteiger partial charge is 0.497 e. The van der Waals surface area contributed by atoms with Gasteiger partial charge in [0.25, 0.3) is 5.91 Å². The minimum Gasteiger partial charge on any atom is -0.497 e. The predicted molar refractivity (Wildman–Crippen MR) is 95.5 cm³/mol. The molecule has 0 saturated carbocycles. The fraction of sp³-hybridized carbons (Fsp3) is 0.211. The number of amides is 1. The van der Waals surface area contributed by atoms with Crippen LogP contribution >= 0.6 is 0 Å². The number of carbonyl (C=O) groups is 1. The normalized spacial score (nSPS) is 11.8. The molecule has 0 unspecified atom stereocenters. The number of halogens is 1. The van der Waals surface area contributed by atoms with E-state index < -0.39 is 12.0 Å². The Balaban J connectivity index is 1.57. The Kier molecular flexibility index (Phi) is 5.77. The Bertz CT molecular complexity index is 911. The van der Waals surface area contributed by atoms with Crippen molar-refractivity contribution >= 4 is 5.91 Å². The minimum absolute atomic E-state index is 0.0201. The van der Waals surface area contributed by atoms with E-state index >= 15 is 0 Å². The van der Waals surface area contributed by atoms with Crippen molar-refractivity contribution in [2.75, 3.05) is 7.11 Å². The van der Waals surface area contributed by atoms with Crippen LogP contribution in [0.25, 0.3) is 0 Å². The van der Waals surface area contributed by atoms with Gasteiger partial charge < -0.3 is 15.2 Å². The Morgan fingerprint density at radius 1 is 1.30 bits per heavy atom. The Morgan fingerprint density at radius 3 is 2.78 bits per heavy atom. The Labute approximate surface area is 155 Å². The van der Waals surface area contributed by atoms with Gasteiger partial charge in [-0.1, -0.05) is 24.3 Å². The molecular weight excluding hydrogens is 351 g/mol. The number of hydrogen-bond donors (Lipinski definition) is 2. The van der Waals surface area contributed by atoms with E-state index in [1.54, 1.807) is 43.5 Å². The number of nitrogens with zero attached hydrogens (tertiary/aromatic N) is 3. The third-order valence-electron chi connectivity index (χ3n) is 3.94. The second-order valence-corrected chi connectivity index (χ2v) is 5.89. The highest BCUT2D eigenvalue weighted by molar-refractivity contribution is 5.90. The van der Waals surface area contributed by atoms with Crippen molar-refractivity contribution in [3.8, 4) is 5.75 Å². The number of rotatable bonds is 7. The van der Waals surface area contributed by atoms with Gasteiger partial charge in [0.2, 0.25) is 5.82 Å². The van der Waals surface area contributed by atoms with Crippen LogP contribution in [0.15, 0.2) is 54.9 Å². The fourth-order valence-corrected chi connectivity index (χ4v) is 2.50. The molecule has 0 saturated heterocycles. The average Bonchev–Trinajstić information content (AvgIpc) is 3.15. The lowest BCUT2D eigenvalue weighted by Crippen LogP contribution is -2.24. The van der Waals surface area contributed by atoms with E-state index in [4.69, 9.17) is 4.74 Å². The highest BCUT2D eigenvalue weighted by Gasteiger charge is 2.14. The van der Waals surface area contributed by atoms with Gasteiger partial charge in [0.05, 0.1) is 19.8 Å². The maximum Gasteiger partial charge on any atom is 0.291 e. The molecule has 1 amide bonds. The number of aromatic nitrogens is 3. The number of aliphatic hydroxyl groups excluding tert-OH is 1. The van der Waals surface area contributed by atoms with E-state index in [0.717, 1.165) is 0 Å². The molecule has 2 aromatic carbocycles. The molecule has 0 bridgehead atoms. The molecule has 3 rings (SSSR count). The summed E-state index contributed by atoms with van der Waals surface area (Å²) in [4.78, 5) is 16.1. The zero-order valence-corrected chi connectivity index (χ0v) is 14.7. The van der Waals surface area contributed by atoms with Gasteiger partial charge in [-0.2, -0.15) is 0 Å². The lowest BCUT2D eigenvalue weighted by Gasteiger charge is -2.11. The number of benzene rings is 2. The summed E-state index contributed by atoms with van der Waals surface area (Å²) in [5.41, 5.74) is 1.33. The van der Waals surface area contributed by atoms with Crippen LogP contribution < -0.4 is 10.1 Å². The van der Waals surface area contributed by atoms with Crippen LogP contribution in [0.3, 0.4) is 0 Å². The third kappa shape index (κ3) is 4.89. The number of ether oxygens (including phenoxy) is 1. The summed E-state index contributed by atoms with van der Waals surface area (Å²) in [6.07, 6.45) is 0.574. The molecule has 1 heterocycles. The Hall–Kier alpha value is -3.26. The van der Waals surface area contributed by atoms with Crippen molar-refractivity contribution in [1.82, 2.24) is 20.1 Å². The number of nitrogens with one attached hydrogen (secondary N) is 1. The van der Waals surface area contributed by atoms with Crippen molar-refractivity contribution < 1.29 is 19.0 Å². The van der Waals surface area contributed by atoms with Crippen LogP contribution in [0, 0.1) is 5.82 Å². The van der Waals surface area contributed by atoms with E-state index in [2.05, 4.69) is 15.4 Å². The first-order valence-corrected chi connectivity index (χ1v) is 8.29. The van der Waals surface area contributed by atoms with Crippen molar-refractivity contribution in [3.63, 3.8) is 0 Å². The molecule has 0 aliphatic rings. The average molecular weight is 370 g/mol. The third-order valence-corrected chi connectivity index (χ3v) is 3.94. The van der Waals surface area contributed by atoms with Crippen molar-refractivity contribution in [1.29, 1.82) is 0 Å². The number of hydrogen-bond acceptors (Lipinski definition) is 5. The SMILES string of the molecule is COc1ccc([C@@H](O)Cn2cnc(C(=O)NCc3cccc(F)c3)n2)cc1. The molecule has 8 heteroatoms. The highest BCUT2D eigenvalue weighted by atomic mass is 19.1. The molecule has 0 radical (unpaired) electrons. The lowest BCUT2D eigenvalue weighted by atomic mass is 10.1. The van der Waals surface area contributed by atoms with E-state index in [-0.39, 0.29) is 24.7 Å². The maximum absolute atomic E-state index is 13.2. The van der Waals surface area contributed by atoms with Crippen LogP contribution in [0.1, 0.15) is 27.8 Å². The first kappa shape index (κ1) is 18.5. The lowest BCUT2D eigenvalue weighted by molar-refractivity contribution is 0.0938. The second-order valence-electron chi connectivity index (χ2n) is 5.89. The summed E-state index contributed by atoms with van der Waals surface area (Å²) in [6, 6.07) is 13.0.